The summed E-state index contributed by atoms with van der Waals surface area (Å²) in [5.74, 6) is 2.38. The lowest BCUT2D eigenvalue weighted by Crippen LogP contribution is -2.20. The molecule has 30 valence electrons. The standard InChI is InChI=1S/C5H5N/c1-2-5(6)3-4-5/h1,3-4H,6H2. The lowest BCUT2D eigenvalue weighted by molar-refractivity contribution is 0.979. The fourth-order valence-electron chi connectivity index (χ4n) is 0.186. The predicted octanol–water partition coefficient (Wildman–Crippen LogP) is -0.113. The summed E-state index contributed by atoms with van der Waals surface area (Å²) < 4.78 is 0. The quantitative estimate of drug-likeness (QED) is 0.318. The zero-order chi connectivity index (χ0) is 4.62. The van der Waals surface area contributed by atoms with E-state index in [4.69, 9.17) is 12.2 Å². The van der Waals surface area contributed by atoms with Crippen LogP contribution in [-0.4, -0.2) is 5.54 Å². The van der Waals surface area contributed by atoms with E-state index < -0.39 is 5.54 Å². The van der Waals surface area contributed by atoms with Gasteiger partial charge in [0.25, 0.3) is 0 Å². The Bertz CT molecular complexity index is 121. The molecule has 0 aromatic carbocycles. The lowest BCUT2D eigenvalue weighted by Gasteiger charge is -1.90. The van der Waals surface area contributed by atoms with E-state index in [1.807, 2.05) is 0 Å². The van der Waals surface area contributed by atoms with Gasteiger partial charge in [0, 0.05) is 0 Å². The molecular weight excluding hydrogens is 74.1 g/mol. The SMILES string of the molecule is C#CC1(N)C=C1. The minimum Gasteiger partial charge on any atom is -0.309 e. The van der Waals surface area contributed by atoms with Gasteiger partial charge in [0.05, 0.1) is 0 Å². The van der Waals surface area contributed by atoms with Gasteiger partial charge in [-0.25, -0.2) is 0 Å². The molecule has 2 N–H and O–H groups in total. The van der Waals surface area contributed by atoms with Crippen molar-refractivity contribution in [3.63, 3.8) is 0 Å². The summed E-state index contributed by atoms with van der Waals surface area (Å²) in [4.78, 5) is 0. The summed E-state index contributed by atoms with van der Waals surface area (Å²) in [6, 6.07) is 0. The van der Waals surface area contributed by atoms with Crippen molar-refractivity contribution < 1.29 is 0 Å². The van der Waals surface area contributed by atoms with Gasteiger partial charge in [0.1, 0.15) is 5.54 Å². The van der Waals surface area contributed by atoms with Crippen LogP contribution < -0.4 is 5.73 Å². The third-order valence-corrected chi connectivity index (χ3v) is 0.776. The van der Waals surface area contributed by atoms with Gasteiger partial charge >= 0.3 is 0 Å². The average molecular weight is 79.1 g/mol. The second-order valence-electron chi connectivity index (χ2n) is 1.41. The maximum absolute atomic E-state index is 5.30. The van der Waals surface area contributed by atoms with Crippen molar-refractivity contribution in [2.24, 2.45) is 5.73 Å². The number of rotatable bonds is 0. The van der Waals surface area contributed by atoms with Gasteiger partial charge in [-0.05, 0) is 12.2 Å². The molecule has 1 nitrogen and oxygen atoms in total. The van der Waals surface area contributed by atoms with Crippen LogP contribution in [0.4, 0.5) is 0 Å². The summed E-state index contributed by atoms with van der Waals surface area (Å²) in [6.07, 6.45) is 8.50. The van der Waals surface area contributed by atoms with Crippen molar-refractivity contribution in [2.45, 2.75) is 5.54 Å². The van der Waals surface area contributed by atoms with Crippen LogP contribution in [0.3, 0.4) is 0 Å². The normalized spacial score (nSPS) is 22.7. The molecule has 0 saturated heterocycles. The number of hydrogen-bond acceptors (Lipinski definition) is 1. The molecule has 6 heavy (non-hydrogen) atoms. The van der Waals surface area contributed by atoms with Crippen molar-refractivity contribution in [2.75, 3.05) is 0 Å². The molecule has 0 fully saturated rings. The van der Waals surface area contributed by atoms with Crippen LogP contribution in [0, 0.1) is 12.3 Å². The molecule has 0 bridgehead atoms. The second-order valence-corrected chi connectivity index (χ2v) is 1.41. The third-order valence-electron chi connectivity index (χ3n) is 0.776. The Balaban J connectivity index is 2.59. The van der Waals surface area contributed by atoms with Crippen LogP contribution in [-0.2, 0) is 0 Å². The highest BCUT2D eigenvalue weighted by molar-refractivity contribution is 5.44. The van der Waals surface area contributed by atoms with Crippen molar-refractivity contribution >= 4 is 0 Å². The Kier molecular flexibility index (Phi) is 0.382. The van der Waals surface area contributed by atoms with Gasteiger partial charge in [-0.2, -0.15) is 0 Å². The van der Waals surface area contributed by atoms with E-state index in [1.54, 1.807) is 12.2 Å². The summed E-state index contributed by atoms with van der Waals surface area (Å²) in [5.41, 5.74) is 4.87. The molecule has 0 radical (unpaired) electrons. The molecular formula is C5H5N. The topological polar surface area (TPSA) is 26.0 Å². The molecule has 0 spiro atoms. The molecule has 1 aliphatic rings. The second kappa shape index (κ2) is 0.664. The van der Waals surface area contributed by atoms with Crippen molar-refractivity contribution in [1.82, 2.24) is 0 Å². The number of hydrogen-bond donors (Lipinski definition) is 1. The molecule has 0 amide bonds. The third kappa shape index (κ3) is 0.316. The molecule has 0 aromatic rings. The first-order valence-corrected chi connectivity index (χ1v) is 1.74. The Morgan fingerprint density at radius 3 is 2.17 bits per heavy atom. The highest BCUT2D eigenvalue weighted by atomic mass is 14.7. The van der Waals surface area contributed by atoms with E-state index in [1.165, 1.54) is 0 Å². The Hall–Kier alpha value is -0.740. The van der Waals surface area contributed by atoms with E-state index >= 15 is 0 Å². The number of nitrogens with two attached hydrogens (primary N) is 1. The minimum atomic E-state index is -0.431. The van der Waals surface area contributed by atoms with Gasteiger partial charge in [0.15, 0.2) is 0 Å². The molecule has 1 heteroatoms. The molecule has 0 heterocycles. The Labute approximate surface area is 36.8 Å². The molecule has 1 rings (SSSR count). The van der Waals surface area contributed by atoms with Crippen LogP contribution in [0.2, 0.25) is 0 Å². The average Bonchev–Trinajstić information content (AvgIpc) is 2.22. The predicted molar refractivity (Wildman–Crippen MR) is 24.9 cm³/mol. The molecule has 0 saturated carbocycles. The summed E-state index contributed by atoms with van der Waals surface area (Å²) in [5, 5.41) is 0. The molecule has 0 aromatic heterocycles. The monoisotopic (exact) mass is 79.0 g/mol. The van der Waals surface area contributed by atoms with Crippen molar-refractivity contribution in [3.05, 3.63) is 12.2 Å². The van der Waals surface area contributed by atoms with E-state index in [2.05, 4.69) is 5.92 Å². The molecule has 0 unspecified atom stereocenters. The van der Waals surface area contributed by atoms with E-state index in [0.29, 0.717) is 0 Å². The lowest BCUT2D eigenvalue weighted by atomic mass is 10.3. The minimum absolute atomic E-state index is 0.431. The van der Waals surface area contributed by atoms with Gasteiger partial charge in [-0.3, -0.25) is 0 Å². The maximum Gasteiger partial charge on any atom is 0.115 e. The molecule has 1 aliphatic carbocycles. The highest BCUT2D eigenvalue weighted by Crippen LogP contribution is 2.16. The number of terminal acetylenes is 1. The van der Waals surface area contributed by atoms with Gasteiger partial charge in [0.2, 0.25) is 0 Å². The van der Waals surface area contributed by atoms with Gasteiger partial charge in [-0.1, -0.05) is 5.92 Å². The van der Waals surface area contributed by atoms with Gasteiger partial charge in [-0.15, -0.1) is 6.42 Å². The van der Waals surface area contributed by atoms with Gasteiger partial charge < -0.3 is 5.73 Å². The maximum atomic E-state index is 5.30. The Morgan fingerprint density at radius 1 is 1.67 bits per heavy atom. The Morgan fingerprint density at radius 2 is 2.17 bits per heavy atom. The first kappa shape index (κ1) is 3.45. The fourth-order valence-corrected chi connectivity index (χ4v) is 0.186. The largest absolute Gasteiger partial charge is 0.309 e. The first-order chi connectivity index (χ1) is 2.77. The van der Waals surface area contributed by atoms with Crippen molar-refractivity contribution in [3.8, 4) is 12.3 Å². The van der Waals surface area contributed by atoms with E-state index in [9.17, 15) is 0 Å². The van der Waals surface area contributed by atoms with Crippen LogP contribution in [0.1, 0.15) is 0 Å². The zero-order valence-corrected chi connectivity index (χ0v) is 3.31. The summed E-state index contributed by atoms with van der Waals surface area (Å²) >= 11 is 0. The smallest absolute Gasteiger partial charge is 0.115 e. The highest BCUT2D eigenvalue weighted by Gasteiger charge is 2.24. The summed E-state index contributed by atoms with van der Waals surface area (Å²) in [7, 11) is 0. The van der Waals surface area contributed by atoms with E-state index in [0.717, 1.165) is 0 Å². The van der Waals surface area contributed by atoms with Crippen LogP contribution in [0.5, 0.6) is 0 Å². The molecule has 0 aliphatic heterocycles. The zero-order valence-electron chi connectivity index (χ0n) is 3.31. The van der Waals surface area contributed by atoms with Crippen LogP contribution >= 0.6 is 0 Å². The van der Waals surface area contributed by atoms with E-state index in [-0.39, 0.29) is 0 Å². The fraction of sp³-hybridized carbons (Fsp3) is 0.200. The summed E-state index contributed by atoms with van der Waals surface area (Å²) in [6.45, 7) is 0. The first-order valence-electron chi connectivity index (χ1n) is 1.74. The molecule has 0 atom stereocenters. The van der Waals surface area contributed by atoms with Crippen LogP contribution in [0.15, 0.2) is 12.2 Å². The van der Waals surface area contributed by atoms with Crippen LogP contribution in [0.25, 0.3) is 0 Å². The van der Waals surface area contributed by atoms with Crippen molar-refractivity contribution in [1.29, 1.82) is 0 Å².